The molecule has 0 aliphatic rings. The molecule has 0 saturated heterocycles. The minimum absolute atomic E-state index is 0.0657. The number of thiophene rings is 1. The molecule has 0 bridgehead atoms. The molecule has 1 heterocycles. The number of carboxylic acid groups (broad SMARTS) is 1. The monoisotopic (exact) mass is 658 g/mol. The van der Waals surface area contributed by atoms with Gasteiger partial charge in [-0.15, -0.1) is 11.3 Å². The highest BCUT2D eigenvalue weighted by Crippen LogP contribution is 2.43. The Bertz CT molecular complexity index is 1400. The van der Waals surface area contributed by atoms with Gasteiger partial charge in [0.15, 0.2) is 0 Å². The maximum Gasteiger partial charge on any atom is 0.346 e. The summed E-state index contributed by atoms with van der Waals surface area (Å²) in [5.74, 6) is -1.18. The van der Waals surface area contributed by atoms with Gasteiger partial charge in [-0.25, -0.2) is 4.79 Å². The molecule has 4 unspecified atom stereocenters. The Labute approximate surface area is 291 Å². The lowest BCUT2D eigenvalue weighted by molar-refractivity contribution is -0.132. The molecule has 4 atom stereocenters. The highest BCUT2D eigenvalue weighted by molar-refractivity contribution is 7.12. The SMILES string of the molecule is CCCCN(CCCC)c1ccc(C(C)(/C=C/C(C)(CC)c2ccc(C(C)(/C=C/C(C)(/C=C(\C#N)C(=O)O)CC)CC)s2)CC)cc1. The van der Waals surface area contributed by atoms with Crippen molar-refractivity contribution in [3.63, 3.8) is 0 Å². The van der Waals surface area contributed by atoms with Crippen LogP contribution in [-0.2, 0) is 21.0 Å². The number of aliphatic carboxylic acids is 1. The Morgan fingerprint density at radius 1 is 0.745 bits per heavy atom. The summed E-state index contributed by atoms with van der Waals surface area (Å²) in [6, 6.07) is 15.7. The highest BCUT2D eigenvalue weighted by Gasteiger charge is 2.31. The Hall–Kier alpha value is -3.10. The lowest BCUT2D eigenvalue weighted by Crippen LogP contribution is -2.26. The van der Waals surface area contributed by atoms with Crippen molar-refractivity contribution in [1.82, 2.24) is 0 Å². The van der Waals surface area contributed by atoms with Gasteiger partial charge in [-0.3, -0.25) is 0 Å². The summed E-state index contributed by atoms with van der Waals surface area (Å²) in [5, 5.41) is 18.8. The van der Waals surface area contributed by atoms with Crippen LogP contribution in [0.1, 0.15) is 136 Å². The van der Waals surface area contributed by atoms with Crippen LogP contribution >= 0.6 is 11.3 Å². The third-order valence-electron chi connectivity index (χ3n) is 10.6. The summed E-state index contributed by atoms with van der Waals surface area (Å²) >= 11 is 1.88. The van der Waals surface area contributed by atoms with Crippen molar-refractivity contribution in [1.29, 1.82) is 5.26 Å². The number of anilines is 1. The van der Waals surface area contributed by atoms with Gasteiger partial charge < -0.3 is 10.0 Å². The van der Waals surface area contributed by atoms with E-state index in [9.17, 15) is 15.2 Å². The first kappa shape index (κ1) is 40.1. The zero-order chi connectivity index (χ0) is 35.3. The molecule has 5 heteroatoms. The van der Waals surface area contributed by atoms with Gasteiger partial charge in [-0.1, -0.05) is 119 Å². The number of rotatable bonds is 20. The minimum atomic E-state index is -1.18. The number of nitrogens with zero attached hydrogens (tertiary/aromatic N) is 2. The summed E-state index contributed by atoms with van der Waals surface area (Å²) in [6.45, 7) is 24.5. The maximum absolute atomic E-state index is 11.5. The average molecular weight is 659 g/mol. The van der Waals surface area contributed by atoms with E-state index in [1.165, 1.54) is 46.7 Å². The van der Waals surface area contributed by atoms with Gasteiger partial charge in [0, 0.05) is 50.2 Å². The van der Waals surface area contributed by atoms with E-state index in [0.717, 1.165) is 32.4 Å². The van der Waals surface area contributed by atoms with Crippen LogP contribution in [0.2, 0.25) is 0 Å². The summed E-state index contributed by atoms with van der Waals surface area (Å²) in [5.41, 5.74) is 1.59. The molecule has 2 aromatic rings. The van der Waals surface area contributed by atoms with Crippen LogP contribution < -0.4 is 4.90 Å². The number of allylic oxidation sites excluding steroid dienone is 5. The molecule has 0 aliphatic heterocycles. The molecular formula is C42H62N2O2S. The molecule has 1 N–H and O–H groups in total. The topological polar surface area (TPSA) is 64.3 Å². The predicted octanol–water partition coefficient (Wildman–Crippen LogP) is 11.9. The van der Waals surface area contributed by atoms with Crippen LogP contribution in [0.3, 0.4) is 0 Å². The van der Waals surface area contributed by atoms with Crippen molar-refractivity contribution in [2.24, 2.45) is 5.41 Å². The fourth-order valence-electron chi connectivity index (χ4n) is 5.72. The summed E-state index contributed by atoms with van der Waals surface area (Å²) < 4.78 is 0. The van der Waals surface area contributed by atoms with Gasteiger partial charge in [0.1, 0.15) is 11.6 Å². The van der Waals surface area contributed by atoms with Crippen molar-refractivity contribution in [3.05, 3.63) is 87.7 Å². The normalized spacial score (nSPS) is 17.5. The van der Waals surface area contributed by atoms with Crippen molar-refractivity contribution in [2.75, 3.05) is 18.0 Å². The molecule has 0 aliphatic carbocycles. The standard InChI is InChI=1S/C42H62N2O2S/c1-11-17-29-44(30-18-12-2)35-21-19-34(20-22-35)40(8,14-4)27-28-42(10,16-6)37-24-23-36(47-37)41(9,15-5)26-25-39(7,13-3)31-33(32-43)38(45)46/h19-28,31H,11-18,29-30H2,1-10H3,(H,45,46)/b26-25+,28-27+,33-31+. The first-order valence-corrected chi connectivity index (χ1v) is 18.8. The van der Waals surface area contributed by atoms with E-state index >= 15 is 0 Å². The average Bonchev–Trinajstić information content (AvgIpc) is 3.60. The highest BCUT2D eigenvalue weighted by atomic mass is 32.1. The van der Waals surface area contributed by atoms with Crippen molar-refractivity contribution in [2.45, 2.75) is 137 Å². The van der Waals surface area contributed by atoms with Gasteiger partial charge in [-0.05, 0) is 74.4 Å². The Morgan fingerprint density at radius 2 is 1.21 bits per heavy atom. The maximum atomic E-state index is 11.5. The summed E-state index contributed by atoms with van der Waals surface area (Å²) in [7, 11) is 0. The molecule has 258 valence electrons. The number of carboxylic acids is 1. The summed E-state index contributed by atoms with van der Waals surface area (Å²) in [4.78, 5) is 16.7. The Morgan fingerprint density at radius 3 is 1.62 bits per heavy atom. The molecule has 47 heavy (non-hydrogen) atoms. The zero-order valence-electron chi connectivity index (χ0n) is 31.1. The van der Waals surface area contributed by atoms with Crippen LogP contribution in [0.15, 0.2) is 72.4 Å². The lowest BCUT2D eigenvalue weighted by Gasteiger charge is -2.30. The molecule has 1 aromatic heterocycles. The third kappa shape index (κ3) is 10.4. The van der Waals surface area contributed by atoms with Crippen LogP contribution in [0.4, 0.5) is 5.69 Å². The molecule has 0 amide bonds. The van der Waals surface area contributed by atoms with E-state index in [1.54, 1.807) is 6.08 Å². The predicted molar refractivity (Wildman–Crippen MR) is 204 cm³/mol. The Kier molecular flexibility index (Phi) is 15.2. The van der Waals surface area contributed by atoms with Crippen LogP contribution in [-0.4, -0.2) is 24.2 Å². The molecule has 4 nitrogen and oxygen atoms in total. The number of unbranched alkanes of at least 4 members (excludes halogenated alkanes) is 2. The number of benzene rings is 1. The van der Waals surface area contributed by atoms with Crippen LogP contribution in [0.5, 0.6) is 0 Å². The van der Waals surface area contributed by atoms with E-state index in [2.05, 4.69) is 121 Å². The number of nitriles is 1. The second-order valence-electron chi connectivity index (χ2n) is 14.2. The smallest absolute Gasteiger partial charge is 0.346 e. The van der Waals surface area contributed by atoms with Gasteiger partial charge in [0.25, 0.3) is 0 Å². The van der Waals surface area contributed by atoms with Crippen LogP contribution in [0, 0.1) is 16.7 Å². The molecular weight excluding hydrogens is 597 g/mol. The molecule has 1 aromatic carbocycles. The minimum Gasteiger partial charge on any atom is -0.477 e. The third-order valence-corrected chi connectivity index (χ3v) is 12.3. The van der Waals surface area contributed by atoms with E-state index in [4.69, 9.17) is 0 Å². The molecule has 0 radical (unpaired) electrons. The van der Waals surface area contributed by atoms with Crippen LogP contribution in [0.25, 0.3) is 0 Å². The number of carbonyl (C=O) groups is 1. The first-order valence-electron chi connectivity index (χ1n) is 18.0. The molecule has 0 fully saturated rings. The van der Waals surface area contributed by atoms with Crippen molar-refractivity contribution < 1.29 is 9.90 Å². The zero-order valence-corrected chi connectivity index (χ0v) is 31.9. The molecule has 2 rings (SSSR count). The number of hydrogen-bond donors (Lipinski definition) is 1. The fraction of sp³-hybridized carbons (Fsp3) is 0.571. The lowest BCUT2D eigenvalue weighted by atomic mass is 9.76. The Balaban J connectivity index is 2.40. The van der Waals surface area contributed by atoms with E-state index in [1.807, 2.05) is 31.3 Å². The van der Waals surface area contributed by atoms with Gasteiger partial charge >= 0.3 is 5.97 Å². The van der Waals surface area contributed by atoms with E-state index in [0.29, 0.717) is 6.42 Å². The quantitative estimate of drug-likeness (QED) is 0.0873. The van der Waals surface area contributed by atoms with Gasteiger partial charge in [0.05, 0.1) is 0 Å². The second-order valence-corrected chi connectivity index (χ2v) is 15.3. The fourth-order valence-corrected chi connectivity index (χ4v) is 7.12. The van der Waals surface area contributed by atoms with E-state index in [-0.39, 0.29) is 21.8 Å². The molecule has 0 saturated carbocycles. The van der Waals surface area contributed by atoms with Crippen molar-refractivity contribution >= 4 is 23.0 Å². The first-order chi connectivity index (χ1) is 22.2. The van der Waals surface area contributed by atoms with Crippen molar-refractivity contribution in [3.8, 4) is 6.07 Å². The largest absolute Gasteiger partial charge is 0.477 e. The molecule has 0 spiro atoms. The second kappa shape index (κ2) is 17.9. The van der Waals surface area contributed by atoms with Gasteiger partial charge in [-0.2, -0.15) is 5.26 Å². The van der Waals surface area contributed by atoms with E-state index < -0.39 is 11.4 Å². The summed E-state index contributed by atoms with van der Waals surface area (Å²) in [6.07, 6.45) is 19.3. The van der Waals surface area contributed by atoms with Gasteiger partial charge in [0.2, 0.25) is 0 Å². The number of hydrogen-bond acceptors (Lipinski definition) is 4.